The van der Waals surface area contributed by atoms with Crippen LogP contribution in [0.25, 0.3) is 10.8 Å². The molecule has 38 heavy (non-hydrogen) atoms. The van der Waals surface area contributed by atoms with Gasteiger partial charge < -0.3 is 24.4 Å². The summed E-state index contributed by atoms with van der Waals surface area (Å²) in [5.74, 6) is 4.80. The number of fused-ring (bicyclic) bond motifs is 1. The summed E-state index contributed by atoms with van der Waals surface area (Å²) in [6.45, 7) is 4.18. The van der Waals surface area contributed by atoms with Crippen molar-refractivity contribution in [3.05, 3.63) is 96.6 Å². The second kappa shape index (κ2) is 13.4. The summed E-state index contributed by atoms with van der Waals surface area (Å²) < 4.78 is 17.7. The first-order valence-corrected chi connectivity index (χ1v) is 14.5. The molecule has 1 fully saturated rings. The number of nitrogens with zero attached hydrogens (tertiary/aromatic N) is 1. The Morgan fingerprint density at radius 3 is 2.53 bits per heavy atom. The number of anilines is 1. The van der Waals surface area contributed by atoms with Gasteiger partial charge in [-0.3, -0.25) is 0 Å². The van der Waals surface area contributed by atoms with Gasteiger partial charge in [0.2, 0.25) is 0 Å². The van der Waals surface area contributed by atoms with Gasteiger partial charge in [-0.15, -0.1) is 0 Å². The number of methoxy groups -OCH3 is 1. The van der Waals surface area contributed by atoms with Gasteiger partial charge in [-0.2, -0.15) is 11.8 Å². The number of ether oxygens (including phenoxy) is 3. The molecule has 0 saturated carbocycles. The normalized spacial score (nSPS) is 15.4. The molecule has 0 amide bonds. The predicted octanol–water partition coefficient (Wildman–Crippen LogP) is 6.41. The smallest absolute Gasteiger partial charge is 0.122 e. The summed E-state index contributed by atoms with van der Waals surface area (Å²) in [4.78, 5) is 2.44. The Bertz CT molecular complexity index is 1300. The van der Waals surface area contributed by atoms with Gasteiger partial charge in [0, 0.05) is 36.6 Å². The third-order valence-electron chi connectivity index (χ3n) is 6.83. The Morgan fingerprint density at radius 1 is 0.868 bits per heavy atom. The van der Waals surface area contributed by atoms with E-state index >= 15 is 0 Å². The maximum atomic E-state index is 6.24. The van der Waals surface area contributed by atoms with Gasteiger partial charge in [-0.25, -0.2) is 0 Å². The van der Waals surface area contributed by atoms with Gasteiger partial charge in [0.05, 0.1) is 19.8 Å². The first-order chi connectivity index (χ1) is 18.8. The van der Waals surface area contributed by atoms with Crippen molar-refractivity contribution in [3.8, 4) is 17.2 Å². The lowest BCUT2D eigenvalue weighted by Crippen LogP contribution is -2.54. The van der Waals surface area contributed by atoms with E-state index in [0.29, 0.717) is 13.2 Å². The van der Waals surface area contributed by atoms with E-state index in [1.54, 1.807) is 7.11 Å². The lowest BCUT2D eigenvalue weighted by atomic mass is 10.1. The van der Waals surface area contributed by atoms with Crippen LogP contribution in [-0.2, 0) is 5.75 Å². The van der Waals surface area contributed by atoms with E-state index in [1.807, 2.05) is 23.9 Å². The minimum absolute atomic E-state index is 0.266. The highest BCUT2D eigenvalue weighted by Gasteiger charge is 2.23. The fourth-order valence-corrected chi connectivity index (χ4v) is 5.71. The predicted molar refractivity (Wildman–Crippen MR) is 159 cm³/mol. The van der Waals surface area contributed by atoms with Crippen molar-refractivity contribution >= 4 is 28.2 Å². The van der Waals surface area contributed by atoms with Gasteiger partial charge in [0.25, 0.3) is 0 Å². The largest absolute Gasteiger partial charge is 0.496 e. The summed E-state index contributed by atoms with van der Waals surface area (Å²) in [6.07, 6.45) is 1.01. The second-order valence-electron chi connectivity index (χ2n) is 9.43. The van der Waals surface area contributed by atoms with Gasteiger partial charge in [-0.05, 0) is 65.4 Å². The lowest BCUT2D eigenvalue weighted by Gasteiger charge is -2.37. The van der Waals surface area contributed by atoms with Crippen molar-refractivity contribution in [2.24, 2.45) is 0 Å². The minimum Gasteiger partial charge on any atom is -0.496 e. The molecule has 4 aromatic rings. The highest BCUT2D eigenvalue weighted by atomic mass is 32.2. The summed E-state index contributed by atoms with van der Waals surface area (Å²) in [6, 6.07) is 31.7. The van der Waals surface area contributed by atoms with Crippen LogP contribution in [0.1, 0.15) is 12.0 Å². The molecule has 1 aliphatic heterocycles. The molecule has 0 aromatic heterocycles. The van der Waals surface area contributed by atoms with E-state index in [4.69, 9.17) is 14.2 Å². The molecule has 198 valence electrons. The quantitative estimate of drug-likeness (QED) is 0.215. The summed E-state index contributed by atoms with van der Waals surface area (Å²) in [7, 11) is 1.73. The number of hydrogen-bond acceptors (Lipinski definition) is 6. The Morgan fingerprint density at radius 2 is 1.66 bits per heavy atom. The number of para-hydroxylation sites is 1. The molecule has 0 spiro atoms. The Balaban J connectivity index is 1.08. The summed E-state index contributed by atoms with van der Waals surface area (Å²) in [5, 5.41) is 5.95. The van der Waals surface area contributed by atoms with E-state index in [9.17, 15) is 0 Å². The van der Waals surface area contributed by atoms with Crippen LogP contribution in [0.2, 0.25) is 0 Å². The molecule has 0 unspecified atom stereocenters. The van der Waals surface area contributed by atoms with Crippen molar-refractivity contribution in [3.63, 3.8) is 0 Å². The van der Waals surface area contributed by atoms with Crippen LogP contribution in [-0.4, -0.2) is 51.8 Å². The topological polar surface area (TPSA) is 43.0 Å². The SMILES string of the molecule is COc1ccccc1CSCCCOc1ccc(N2CCNC[C@@H]2COc2ccc3ccccc3c2)cc1. The van der Waals surface area contributed by atoms with Gasteiger partial charge in [0.15, 0.2) is 0 Å². The maximum absolute atomic E-state index is 6.24. The van der Waals surface area contributed by atoms with Crippen molar-refractivity contribution in [2.75, 3.05) is 50.6 Å². The highest BCUT2D eigenvalue weighted by Crippen LogP contribution is 2.26. The second-order valence-corrected chi connectivity index (χ2v) is 10.5. The van der Waals surface area contributed by atoms with Crippen LogP contribution in [0.5, 0.6) is 17.2 Å². The number of rotatable bonds is 12. The molecular formula is C32H36N2O3S. The minimum atomic E-state index is 0.266. The third kappa shape index (κ3) is 6.94. The van der Waals surface area contributed by atoms with Crippen LogP contribution < -0.4 is 24.4 Å². The average Bonchev–Trinajstić information content (AvgIpc) is 2.98. The fraction of sp³-hybridized carbons (Fsp3) is 0.312. The molecule has 1 aliphatic rings. The van der Waals surface area contributed by atoms with Crippen molar-refractivity contribution < 1.29 is 14.2 Å². The van der Waals surface area contributed by atoms with E-state index < -0.39 is 0 Å². The number of benzene rings is 4. The van der Waals surface area contributed by atoms with E-state index in [2.05, 4.69) is 89.1 Å². The maximum Gasteiger partial charge on any atom is 0.122 e. The molecule has 6 heteroatoms. The van der Waals surface area contributed by atoms with E-state index in [-0.39, 0.29) is 6.04 Å². The van der Waals surface area contributed by atoms with Crippen LogP contribution in [0, 0.1) is 0 Å². The lowest BCUT2D eigenvalue weighted by molar-refractivity contribution is 0.267. The van der Waals surface area contributed by atoms with Crippen molar-refractivity contribution in [1.82, 2.24) is 5.32 Å². The number of hydrogen-bond donors (Lipinski definition) is 1. The zero-order chi connectivity index (χ0) is 26.0. The van der Waals surface area contributed by atoms with Crippen LogP contribution >= 0.6 is 11.8 Å². The molecule has 0 aliphatic carbocycles. The molecule has 0 bridgehead atoms. The zero-order valence-electron chi connectivity index (χ0n) is 22.0. The zero-order valence-corrected chi connectivity index (χ0v) is 22.8. The average molecular weight is 529 g/mol. The van der Waals surface area contributed by atoms with E-state index in [0.717, 1.165) is 54.8 Å². The van der Waals surface area contributed by atoms with Gasteiger partial charge >= 0.3 is 0 Å². The molecule has 5 rings (SSSR count). The van der Waals surface area contributed by atoms with Crippen LogP contribution in [0.3, 0.4) is 0 Å². The number of nitrogens with one attached hydrogen (secondary N) is 1. The molecule has 1 atom stereocenters. The molecule has 1 saturated heterocycles. The Labute approximate surface area is 230 Å². The van der Waals surface area contributed by atoms with Crippen LogP contribution in [0.15, 0.2) is 91.0 Å². The Hall–Kier alpha value is -3.35. The van der Waals surface area contributed by atoms with Crippen molar-refractivity contribution in [2.45, 2.75) is 18.2 Å². The fourth-order valence-electron chi connectivity index (χ4n) is 4.79. The molecule has 4 aromatic carbocycles. The highest BCUT2D eigenvalue weighted by molar-refractivity contribution is 7.98. The first-order valence-electron chi connectivity index (χ1n) is 13.3. The van der Waals surface area contributed by atoms with Crippen molar-refractivity contribution in [1.29, 1.82) is 0 Å². The standard InChI is InChI=1S/C32H36N2O3S/c1-35-32-10-5-4-9-27(32)24-38-20-6-19-36-30-15-12-28(13-16-30)34-18-17-33-22-29(34)23-37-31-14-11-25-7-2-3-8-26(25)21-31/h2-5,7-16,21,29,33H,6,17-20,22-24H2,1H3/t29-/m1/s1. The third-order valence-corrected chi connectivity index (χ3v) is 7.93. The molecule has 1 N–H and O–H groups in total. The summed E-state index contributed by atoms with van der Waals surface area (Å²) in [5.41, 5.74) is 2.45. The van der Waals surface area contributed by atoms with Gasteiger partial charge in [-0.1, -0.05) is 48.5 Å². The number of piperazine rings is 1. The first kappa shape index (κ1) is 26.3. The van der Waals surface area contributed by atoms with E-state index in [1.165, 1.54) is 22.0 Å². The van der Waals surface area contributed by atoms with Gasteiger partial charge in [0.1, 0.15) is 23.9 Å². The Kier molecular flexibility index (Phi) is 9.29. The monoisotopic (exact) mass is 528 g/mol. The summed E-state index contributed by atoms with van der Waals surface area (Å²) >= 11 is 1.91. The molecule has 5 nitrogen and oxygen atoms in total. The van der Waals surface area contributed by atoms with Crippen LogP contribution in [0.4, 0.5) is 5.69 Å². The number of thioether (sulfide) groups is 1. The molecular weight excluding hydrogens is 492 g/mol. The molecule has 1 heterocycles. The molecule has 0 radical (unpaired) electrons.